The molecule has 25 heavy (non-hydrogen) atoms. The third kappa shape index (κ3) is 3.58. The summed E-state index contributed by atoms with van der Waals surface area (Å²) >= 11 is 3.27. The van der Waals surface area contributed by atoms with Gasteiger partial charge in [-0.15, -0.1) is 0 Å². The fourth-order valence-electron chi connectivity index (χ4n) is 2.84. The molecule has 0 bridgehead atoms. The van der Waals surface area contributed by atoms with Crippen LogP contribution in [0.3, 0.4) is 0 Å². The molecule has 2 fully saturated rings. The maximum absolute atomic E-state index is 12.4. The first kappa shape index (κ1) is 17.6. The molecular weight excluding hydrogens is 392 g/mol. The van der Waals surface area contributed by atoms with Crippen LogP contribution in [0.25, 0.3) is 0 Å². The molecule has 1 aromatic rings. The molecule has 1 heterocycles. The number of halogens is 1. The van der Waals surface area contributed by atoms with Crippen molar-refractivity contribution in [2.24, 2.45) is 5.92 Å². The van der Waals surface area contributed by atoms with E-state index in [1.165, 1.54) is 0 Å². The third-order valence-electron chi connectivity index (χ3n) is 4.51. The summed E-state index contributed by atoms with van der Waals surface area (Å²) in [4.78, 5) is 49.1. The molecule has 7 nitrogen and oxygen atoms in total. The van der Waals surface area contributed by atoms with Gasteiger partial charge in [-0.2, -0.15) is 0 Å². The van der Waals surface area contributed by atoms with Gasteiger partial charge in [0.15, 0.2) is 12.4 Å². The quantitative estimate of drug-likeness (QED) is 0.440. The number of Topliss-reactive ketones (excluding diaryl/α,β-unsaturated/α-hetero) is 1. The minimum absolute atomic E-state index is 0.115. The van der Waals surface area contributed by atoms with Crippen molar-refractivity contribution in [2.45, 2.75) is 25.3 Å². The van der Waals surface area contributed by atoms with Gasteiger partial charge in [0.2, 0.25) is 0 Å². The smallest absolute Gasteiger partial charge is 0.326 e. The number of esters is 1. The van der Waals surface area contributed by atoms with Crippen molar-refractivity contribution in [3.63, 3.8) is 0 Å². The van der Waals surface area contributed by atoms with Crippen LogP contribution < -0.4 is 5.32 Å². The first-order chi connectivity index (χ1) is 11.8. The van der Waals surface area contributed by atoms with Gasteiger partial charge >= 0.3 is 12.0 Å². The third-order valence-corrected chi connectivity index (χ3v) is 5.04. The molecule has 0 unspecified atom stereocenters. The second kappa shape index (κ2) is 6.59. The average molecular weight is 409 g/mol. The summed E-state index contributed by atoms with van der Waals surface area (Å²) < 4.78 is 5.75. The normalized spacial score (nSPS) is 22.7. The zero-order valence-electron chi connectivity index (χ0n) is 13.6. The summed E-state index contributed by atoms with van der Waals surface area (Å²) in [5.41, 5.74) is -0.530. The standard InChI is InChI=1S/C17H17BrN2O5/c1-17(11-4-5-11)15(23)20(16(24)19-17)8-14(22)25-9-13(21)10-2-6-12(18)7-3-10/h2-3,6-7,11H,4-5,8-9H2,1H3,(H,19,24)/t17-/m0/s1. The van der Waals surface area contributed by atoms with Crippen LogP contribution >= 0.6 is 15.9 Å². The van der Waals surface area contributed by atoms with Gasteiger partial charge in [-0.25, -0.2) is 4.79 Å². The van der Waals surface area contributed by atoms with Crippen LogP contribution in [-0.4, -0.2) is 47.3 Å². The lowest BCUT2D eigenvalue weighted by molar-refractivity contribution is -0.146. The number of hydrogen-bond acceptors (Lipinski definition) is 5. The Bertz CT molecular complexity index is 744. The number of nitrogens with one attached hydrogen (secondary N) is 1. The van der Waals surface area contributed by atoms with Crippen molar-refractivity contribution >= 4 is 39.6 Å². The fraction of sp³-hybridized carbons (Fsp3) is 0.412. The number of nitrogens with zero attached hydrogens (tertiary/aromatic N) is 1. The van der Waals surface area contributed by atoms with Crippen molar-refractivity contribution in [2.75, 3.05) is 13.2 Å². The van der Waals surface area contributed by atoms with Crippen molar-refractivity contribution in [1.82, 2.24) is 10.2 Å². The molecule has 1 aliphatic heterocycles. The Morgan fingerprint density at radius 1 is 1.28 bits per heavy atom. The van der Waals surface area contributed by atoms with Gasteiger partial charge in [-0.1, -0.05) is 28.1 Å². The number of urea groups is 1. The maximum atomic E-state index is 12.4. The molecule has 1 saturated carbocycles. The van der Waals surface area contributed by atoms with Gasteiger partial charge in [0.25, 0.3) is 5.91 Å². The lowest BCUT2D eigenvalue weighted by Gasteiger charge is -2.20. The Hall–Kier alpha value is -2.22. The second-order valence-electron chi connectivity index (χ2n) is 6.39. The van der Waals surface area contributed by atoms with E-state index >= 15 is 0 Å². The fourth-order valence-corrected chi connectivity index (χ4v) is 3.10. The molecule has 0 aromatic heterocycles. The number of ether oxygens (including phenoxy) is 1. The Morgan fingerprint density at radius 2 is 1.92 bits per heavy atom. The Morgan fingerprint density at radius 3 is 2.52 bits per heavy atom. The molecular formula is C17H17BrN2O5. The van der Waals surface area contributed by atoms with Gasteiger partial charge in [-0.3, -0.25) is 19.3 Å². The van der Waals surface area contributed by atoms with E-state index in [4.69, 9.17) is 4.74 Å². The number of carbonyl (C=O) groups excluding carboxylic acids is 4. The molecule has 3 amide bonds. The van der Waals surface area contributed by atoms with E-state index in [9.17, 15) is 19.2 Å². The van der Waals surface area contributed by atoms with Crippen molar-refractivity contribution < 1.29 is 23.9 Å². The SMILES string of the molecule is C[C@@]1(C2CC2)NC(=O)N(CC(=O)OCC(=O)c2ccc(Br)cc2)C1=O. The van der Waals surface area contributed by atoms with Crippen LogP contribution in [0.15, 0.2) is 28.7 Å². The topological polar surface area (TPSA) is 92.8 Å². The Kier molecular flexibility index (Phi) is 4.64. The summed E-state index contributed by atoms with van der Waals surface area (Å²) in [6.07, 6.45) is 1.75. The van der Waals surface area contributed by atoms with Crippen LogP contribution in [-0.2, 0) is 14.3 Å². The predicted molar refractivity (Wildman–Crippen MR) is 90.8 cm³/mol. The average Bonchev–Trinajstić information content (AvgIpc) is 3.39. The van der Waals surface area contributed by atoms with Crippen LogP contribution in [0, 0.1) is 5.92 Å². The van der Waals surface area contributed by atoms with Gasteiger partial charge in [0, 0.05) is 10.0 Å². The summed E-state index contributed by atoms with van der Waals surface area (Å²) in [6.45, 7) is 0.734. The van der Waals surface area contributed by atoms with Gasteiger partial charge in [0.1, 0.15) is 12.1 Å². The predicted octanol–water partition coefficient (Wildman–Crippen LogP) is 1.90. The maximum Gasteiger partial charge on any atom is 0.326 e. The highest BCUT2D eigenvalue weighted by Gasteiger charge is 2.56. The van der Waals surface area contributed by atoms with E-state index in [2.05, 4.69) is 21.2 Å². The number of hydrogen-bond donors (Lipinski definition) is 1. The van der Waals surface area contributed by atoms with E-state index in [0.717, 1.165) is 22.2 Å². The van der Waals surface area contributed by atoms with Crippen molar-refractivity contribution in [3.05, 3.63) is 34.3 Å². The van der Waals surface area contributed by atoms with Crippen molar-refractivity contribution in [3.8, 4) is 0 Å². The van der Waals surface area contributed by atoms with Crippen molar-refractivity contribution in [1.29, 1.82) is 0 Å². The molecule has 0 radical (unpaired) electrons. The number of imide groups is 1. The number of benzene rings is 1. The molecule has 0 spiro atoms. The molecule has 1 aromatic carbocycles. The van der Waals surface area contributed by atoms with Crippen LogP contribution in [0.1, 0.15) is 30.1 Å². The summed E-state index contributed by atoms with van der Waals surface area (Å²) in [6, 6.07) is 6.04. The lowest BCUT2D eigenvalue weighted by atomic mass is 9.96. The van der Waals surface area contributed by atoms with E-state index in [0.29, 0.717) is 5.56 Å². The summed E-state index contributed by atoms with van der Waals surface area (Å²) in [5, 5.41) is 2.65. The van der Waals surface area contributed by atoms with E-state index in [1.807, 2.05) is 0 Å². The van der Waals surface area contributed by atoms with Gasteiger partial charge in [0.05, 0.1) is 0 Å². The minimum atomic E-state index is -0.940. The molecule has 132 valence electrons. The number of rotatable bonds is 6. The zero-order chi connectivity index (χ0) is 18.2. The van der Waals surface area contributed by atoms with E-state index in [-0.39, 0.29) is 11.7 Å². The van der Waals surface area contributed by atoms with E-state index < -0.39 is 36.6 Å². The first-order valence-electron chi connectivity index (χ1n) is 7.90. The van der Waals surface area contributed by atoms with Crippen LogP contribution in [0.2, 0.25) is 0 Å². The molecule has 1 aliphatic carbocycles. The largest absolute Gasteiger partial charge is 0.456 e. The number of amides is 3. The molecule has 8 heteroatoms. The monoisotopic (exact) mass is 408 g/mol. The van der Waals surface area contributed by atoms with Crippen LogP contribution in [0.5, 0.6) is 0 Å². The number of ketones is 1. The molecule has 2 aliphatic rings. The minimum Gasteiger partial charge on any atom is -0.456 e. The Balaban J connectivity index is 1.54. The molecule has 3 rings (SSSR count). The first-order valence-corrected chi connectivity index (χ1v) is 8.69. The summed E-state index contributed by atoms with van der Waals surface area (Å²) in [5.74, 6) is -1.46. The zero-order valence-corrected chi connectivity index (χ0v) is 15.2. The lowest BCUT2D eigenvalue weighted by Crippen LogP contribution is -2.46. The highest BCUT2D eigenvalue weighted by Crippen LogP contribution is 2.42. The molecule has 1 saturated heterocycles. The second-order valence-corrected chi connectivity index (χ2v) is 7.30. The highest BCUT2D eigenvalue weighted by atomic mass is 79.9. The van der Waals surface area contributed by atoms with E-state index in [1.54, 1.807) is 31.2 Å². The van der Waals surface area contributed by atoms with Gasteiger partial charge in [-0.05, 0) is 37.8 Å². The summed E-state index contributed by atoms with van der Waals surface area (Å²) in [7, 11) is 0. The number of carbonyl (C=O) groups is 4. The van der Waals surface area contributed by atoms with Crippen LogP contribution in [0.4, 0.5) is 4.79 Å². The highest BCUT2D eigenvalue weighted by molar-refractivity contribution is 9.10. The molecule has 1 atom stereocenters. The Labute approximate surface area is 152 Å². The van der Waals surface area contributed by atoms with Gasteiger partial charge < -0.3 is 10.1 Å². The molecule has 1 N–H and O–H groups in total.